The molecule has 0 saturated carbocycles. The Hall–Kier alpha value is -5.47. The van der Waals surface area contributed by atoms with Gasteiger partial charge in [-0.25, -0.2) is 5.32 Å². The number of nitrogens with one attached hydrogen (secondary N) is 1. The minimum atomic E-state index is -0.106. The van der Waals surface area contributed by atoms with Crippen molar-refractivity contribution in [1.82, 2.24) is 5.32 Å². The zero-order valence-corrected chi connectivity index (χ0v) is 27.8. The third kappa shape index (κ3) is 3.61. The lowest BCUT2D eigenvalue weighted by Gasteiger charge is -2.32. The van der Waals surface area contributed by atoms with Crippen LogP contribution in [0.5, 0.6) is 0 Å². The minimum absolute atomic E-state index is 0.0196. The highest BCUT2D eigenvalue weighted by atomic mass is 15.4. The van der Waals surface area contributed by atoms with Crippen LogP contribution in [0, 0.1) is 0 Å². The molecule has 1 aliphatic heterocycles. The maximum Gasteiger partial charge on any atom is 0.289 e. The first kappa shape index (κ1) is 27.6. The summed E-state index contributed by atoms with van der Waals surface area (Å²) >= 11 is 0. The second kappa shape index (κ2) is 9.55. The van der Waals surface area contributed by atoms with Crippen molar-refractivity contribution in [2.45, 2.75) is 44.7 Å². The summed E-state index contributed by atoms with van der Waals surface area (Å²) in [6.07, 6.45) is -0.0196. The standard InChI is InChI=1S/C46H36N2/c1-45(2)37-19-11-9-17-34(37)35-24-23-32(27-39(35)45)44-47-43(31-22-21-28-13-5-6-14-29(28)25-31)48(44)42-33-16-8-7-15-30(33)26-40-41(42)36-18-10-12-20-38(36)46(40,3)4/h5-27,43H,1-4H3/p+1. The van der Waals surface area contributed by atoms with E-state index in [-0.39, 0.29) is 17.0 Å². The lowest BCUT2D eigenvalue weighted by atomic mass is 9.81. The minimum Gasteiger partial charge on any atom is -0.229 e. The molecule has 7 aromatic rings. The number of amidine groups is 1. The third-order valence-electron chi connectivity index (χ3n) is 11.5. The fourth-order valence-corrected chi connectivity index (χ4v) is 8.99. The Bertz CT molecular complexity index is 2550. The van der Waals surface area contributed by atoms with E-state index in [4.69, 9.17) is 0 Å². The summed E-state index contributed by atoms with van der Waals surface area (Å²) in [5, 5.41) is 9.09. The fraction of sp³-hybridized carbons (Fsp3) is 0.152. The van der Waals surface area contributed by atoms with Crippen molar-refractivity contribution in [1.29, 1.82) is 0 Å². The Kier molecular flexibility index (Phi) is 5.49. The van der Waals surface area contributed by atoms with Crippen molar-refractivity contribution in [2.24, 2.45) is 0 Å². The molecular weight excluding hydrogens is 581 g/mol. The Morgan fingerprint density at radius 1 is 0.500 bits per heavy atom. The van der Waals surface area contributed by atoms with Crippen molar-refractivity contribution in [3.05, 3.63) is 173 Å². The van der Waals surface area contributed by atoms with Gasteiger partial charge in [0.05, 0.1) is 5.56 Å². The maximum absolute atomic E-state index is 4.01. The monoisotopic (exact) mass is 617 g/mol. The molecule has 1 atom stereocenters. The summed E-state index contributed by atoms with van der Waals surface area (Å²) in [4.78, 5) is 0. The van der Waals surface area contributed by atoms with Crippen LogP contribution in [0.1, 0.15) is 67.2 Å². The van der Waals surface area contributed by atoms with Crippen molar-refractivity contribution in [3.8, 4) is 22.3 Å². The highest BCUT2D eigenvalue weighted by Gasteiger charge is 2.47. The van der Waals surface area contributed by atoms with Crippen LogP contribution in [0.2, 0.25) is 0 Å². The summed E-state index contributed by atoms with van der Waals surface area (Å²) in [6.45, 7) is 9.51. The van der Waals surface area contributed by atoms with Gasteiger partial charge < -0.3 is 0 Å². The van der Waals surface area contributed by atoms with Crippen LogP contribution in [0.4, 0.5) is 5.69 Å². The average molecular weight is 618 g/mol. The fourth-order valence-electron chi connectivity index (χ4n) is 8.99. The Labute approximate surface area is 282 Å². The van der Waals surface area contributed by atoms with E-state index in [1.54, 1.807) is 0 Å². The maximum atomic E-state index is 4.01. The first-order chi connectivity index (χ1) is 23.3. The molecule has 1 unspecified atom stereocenters. The van der Waals surface area contributed by atoms with Crippen molar-refractivity contribution in [2.75, 3.05) is 0 Å². The van der Waals surface area contributed by atoms with Crippen LogP contribution in [0.3, 0.4) is 0 Å². The van der Waals surface area contributed by atoms with Gasteiger partial charge in [0.2, 0.25) is 0 Å². The molecule has 48 heavy (non-hydrogen) atoms. The van der Waals surface area contributed by atoms with E-state index in [1.807, 2.05) is 0 Å². The summed E-state index contributed by atoms with van der Waals surface area (Å²) < 4.78 is 2.61. The smallest absolute Gasteiger partial charge is 0.229 e. The van der Waals surface area contributed by atoms with E-state index >= 15 is 0 Å². The number of benzene rings is 7. The normalized spacial score (nSPS) is 17.8. The molecule has 0 aromatic heterocycles. The molecule has 0 saturated heterocycles. The molecule has 0 spiro atoms. The third-order valence-corrected chi connectivity index (χ3v) is 11.5. The van der Waals surface area contributed by atoms with Gasteiger partial charge in [-0.15, -0.1) is 0 Å². The zero-order chi connectivity index (χ0) is 32.4. The molecule has 1 heterocycles. The second-order valence-corrected chi connectivity index (χ2v) is 14.8. The molecule has 10 rings (SSSR count). The predicted molar refractivity (Wildman–Crippen MR) is 199 cm³/mol. The van der Waals surface area contributed by atoms with E-state index in [1.165, 1.54) is 82.9 Å². The summed E-state index contributed by atoms with van der Waals surface area (Å²) in [7, 11) is 0. The highest BCUT2D eigenvalue weighted by Crippen LogP contribution is 2.56. The van der Waals surface area contributed by atoms with Crippen LogP contribution < -0.4 is 5.32 Å². The van der Waals surface area contributed by atoms with Gasteiger partial charge in [0.25, 0.3) is 12.0 Å². The quantitative estimate of drug-likeness (QED) is 0.195. The molecule has 0 bridgehead atoms. The summed E-state index contributed by atoms with van der Waals surface area (Å²) in [5.74, 6) is 1.16. The van der Waals surface area contributed by atoms with Crippen LogP contribution in [-0.4, -0.2) is 10.4 Å². The van der Waals surface area contributed by atoms with Crippen LogP contribution in [-0.2, 0) is 10.8 Å². The van der Waals surface area contributed by atoms with Gasteiger partial charge in [0.15, 0.2) is 0 Å². The molecular formula is C46H37N2+. The van der Waals surface area contributed by atoms with E-state index < -0.39 is 0 Å². The zero-order valence-electron chi connectivity index (χ0n) is 27.8. The lowest BCUT2D eigenvalue weighted by Crippen LogP contribution is -2.51. The number of hydrogen-bond acceptors (Lipinski definition) is 1. The van der Waals surface area contributed by atoms with E-state index in [0.29, 0.717) is 0 Å². The van der Waals surface area contributed by atoms with Crippen LogP contribution in [0.15, 0.2) is 140 Å². The van der Waals surface area contributed by atoms with Gasteiger partial charge >= 0.3 is 0 Å². The molecule has 2 heteroatoms. The van der Waals surface area contributed by atoms with Gasteiger partial charge in [0.1, 0.15) is 5.69 Å². The number of fused-ring (bicyclic) bond motifs is 8. The van der Waals surface area contributed by atoms with Gasteiger partial charge in [-0.05, 0) is 85.4 Å². The average Bonchev–Trinajstić information content (AvgIpc) is 3.47. The summed E-state index contributed by atoms with van der Waals surface area (Å²) in [6, 6.07) is 52.1. The van der Waals surface area contributed by atoms with Crippen molar-refractivity contribution in [3.63, 3.8) is 0 Å². The summed E-state index contributed by atoms with van der Waals surface area (Å²) in [5.41, 5.74) is 14.6. The lowest BCUT2D eigenvalue weighted by molar-refractivity contribution is -0.529. The van der Waals surface area contributed by atoms with E-state index in [9.17, 15) is 0 Å². The Morgan fingerprint density at radius 3 is 1.94 bits per heavy atom. The largest absolute Gasteiger partial charge is 0.289 e. The number of hydrogen-bond donors (Lipinski definition) is 1. The molecule has 2 aliphatic carbocycles. The Morgan fingerprint density at radius 2 is 1.12 bits per heavy atom. The molecule has 7 aromatic carbocycles. The molecule has 1 N–H and O–H groups in total. The topological polar surface area (TPSA) is 15.0 Å². The predicted octanol–water partition coefficient (Wildman–Crippen LogP) is 11.0. The van der Waals surface area contributed by atoms with Crippen LogP contribution >= 0.6 is 0 Å². The van der Waals surface area contributed by atoms with Gasteiger partial charge in [0, 0.05) is 27.3 Å². The number of rotatable bonds is 3. The molecule has 0 radical (unpaired) electrons. The number of nitrogens with zero attached hydrogens (tertiary/aromatic N) is 1. The van der Waals surface area contributed by atoms with Gasteiger partial charge in [-0.1, -0.05) is 137 Å². The SMILES string of the molecule is CC1(C)c2ccccc2-c2ccc(C3=[N+](c4c5c(cc6ccccc46)C(C)(C)c4ccccc4-5)C(c4ccc5ccccc5c4)N3)cc21. The van der Waals surface area contributed by atoms with Gasteiger partial charge in [-0.2, -0.15) is 4.58 Å². The van der Waals surface area contributed by atoms with Crippen LogP contribution in [0.25, 0.3) is 43.8 Å². The van der Waals surface area contributed by atoms with E-state index in [0.717, 1.165) is 5.84 Å². The first-order valence-corrected chi connectivity index (χ1v) is 17.1. The molecule has 2 nitrogen and oxygen atoms in total. The second-order valence-electron chi connectivity index (χ2n) is 14.8. The Balaban J connectivity index is 1.28. The van der Waals surface area contributed by atoms with Crippen molar-refractivity contribution < 1.29 is 4.58 Å². The molecule has 0 amide bonds. The first-order valence-electron chi connectivity index (χ1n) is 17.1. The molecule has 230 valence electrons. The van der Waals surface area contributed by atoms with E-state index in [2.05, 4.69) is 177 Å². The highest BCUT2D eigenvalue weighted by molar-refractivity contribution is 6.06. The molecule has 3 aliphatic rings. The van der Waals surface area contributed by atoms with Gasteiger partial charge in [-0.3, -0.25) is 0 Å². The molecule has 0 fully saturated rings. The van der Waals surface area contributed by atoms with Crippen molar-refractivity contribution >= 4 is 33.1 Å².